The molecule has 3 aromatic heterocycles. The number of alkyl halides is 2. The Hall–Kier alpha value is -3.54. The molecule has 2 atom stereocenters. The van der Waals surface area contributed by atoms with E-state index in [1.54, 1.807) is 25.2 Å². The number of carbonyl (C=O) groups excluding carboxylic acids is 1. The Kier molecular flexibility index (Phi) is 5.47. The van der Waals surface area contributed by atoms with E-state index in [2.05, 4.69) is 26.0 Å². The molecule has 0 spiro atoms. The molecule has 0 radical (unpaired) electrons. The number of nitrogens with zero attached hydrogens (tertiary/aromatic N) is 4. The van der Waals surface area contributed by atoms with Crippen LogP contribution in [0.15, 0.2) is 35.4 Å². The van der Waals surface area contributed by atoms with Gasteiger partial charge in [-0.15, -0.1) is 0 Å². The summed E-state index contributed by atoms with van der Waals surface area (Å²) in [6, 6.07) is 4.13. The summed E-state index contributed by atoms with van der Waals surface area (Å²) in [7, 11) is 1.69. The van der Waals surface area contributed by atoms with Gasteiger partial charge in [-0.1, -0.05) is 0 Å². The van der Waals surface area contributed by atoms with Crippen molar-refractivity contribution in [3.8, 4) is 0 Å². The first-order chi connectivity index (χ1) is 16.2. The molecule has 10 nitrogen and oxygen atoms in total. The van der Waals surface area contributed by atoms with Crippen LogP contribution in [-0.2, 0) is 0 Å². The lowest BCUT2D eigenvalue weighted by Gasteiger charge is -2.36. The minimum atomic E-state index is -2.74. The highest BCUT2D eigenvalue weighted by molar-refractivity contribution is 6.00. The lowest BCUT2D eigenvalue weighted by atomic mass is 9.88. The zero-order chi connectivity index (χ0) is 24.0. The molecule has 1 unspecified atom stereocenters. The fourth-order valence-electron chi connectivity index (χ4n) is 4.57. The van der Waals surface area contributed by atoms with Gasteiger partial charge in [0.25, 0.3) is 17.4 Å². The van der Waals surface area contributed by atoms with E-state index in [-0.39, 0.29) is 47.5 Å². The SMILES string of the molecule is CNc1cc(Nc2cccn(C3CC(F)(F)C3)c2=O)nc2c(C(=O)NC3CC[C@H](O)C3)cnn12. The molecule has 2 aliphatic carbocycles. The third-order valence-electron chi connectivity index (χ3n) is 6.41. The molecule has 180 valence electrons. The number of carbonyl (C=O) groups is 1. The first kappa shape index (κ1) is 22.3. The summed E-state index contributed by atoms with van der Waals surface area (Å²) < 4.78 is 29.4. The van der Waals surface area contributed by atoms with Crippen molar-refractivity contribution in [1.29, 1.82) is 0 Å². The van der Waals surface area contributed by atoms with Gasteiger partial charge in [0.2, 0.25) is 0 Å². The minimum Gasteiger partial charge on any atom is -0.393 e. The number of aromatic nitrogens is 4. The summed E-state index contributed by atoms with van der Waals surface area (Å²) >= 11 is 0. The van der Waals surface area contributed by atoms with Gasteiger partial charge in [0, 0.05) is 44.2 Å². The molecule has 2 fully saturated rings. The van der Waals surface area contributed by atoms with E-state index in [0.717, 1.165) is 0 Å². The summed E-state index contributed by atoms with van der Waals surface area (Å²) in [5.74, 6) is -2.28. The fraction of sp³-hybridized carbons (Fsp3) is 0.455. The lowest BCUT2D eigenvalue weighted by Crippen LogP contribution is -2.41. The highest BCUT2D eigenvalue weighted by Crippen LogP contribution is 2.44. The van der Waals surface area contributed by atoms with Crippen LogP contribution in [0.4, 0.5) is 26.1 Å². The molecule has 2 aliphatic rings. The number of hydrogen-bond acceptors (Lipinski definition) is 7. The number of aliphatic hydroxyl groups is 1. The summed E-state index contributed by atoms with van der Waals surface area (Å²) in [6.45, 7) is 0. The number of hydrogen-bond donors (Lipinski definition) is 4. The first-order valence-corrected chi connectivity index (χ1v) is 11.2. The maximum Gasteiger partial charge on any atom is 0.274 e. The van der Waals surface area contributed by atoms with E-state index in [4.69, 9.17) is 0 Å². The second-order valence-corrected chi connectivity index (χ2v) is 8.88. The van der Waals surface area contributed by atoms with Gasteiger partial charge in [-0.2, -0.15) is 9.61 Å². The highest BCUT2D eigenvalue weighted by Gasteiger charge is 2.46. The van der Waals surface area contributed by atoms with Gasteiger partial charge < -0.3 is 25.6 Å². The van der Waals surface area contributed by atoms with Crippen LogP contribution in [0.25, 0.3) is 5.65 Å². The van der Waals surface area contributed by atoms with Gasteiger partial charge in [-0.3, -0.25) is 9.59 Å². The average molecular weight is 473 g/mol. The van der Waals surface area contributed by atoms with Gasteiger partial charge in [-0.25, -0.2) is 13.8 Å². The number of fused-ring (bicyclic) bond motifs is 1. The Morgan fingerprint density at radius 1 is 1.29 bits per heavy atom. The van der Waals surface area contributed by atoms with Crippen molar-refractivity contribution >= 4 is 28.9 Å². The number of nitrogens with one attached hydrogen (secondary N) is 3. The van der Waals surface area contributed by atoms with Crippen molar-refractivity contribution < 1.29 is 18.7 Å². The summed E-state index contributed by atoms with van der Waals surface area (Å²) in [5, 5.41) is 22.8. The number of halogens is 2. The van der Waals surface area contributed by atoms with Crippen molar-refractivity contribution in [2.75, 3.05) is 17.7 Å². The molecule has 2 saturated carbocycles. The Labute approximate surface area is 193 Å². The van der Waals surface area contributed by atoms with Crippen LogP contribution in [0.1, 0.15) is 48.5 Å². The largest absolute Gasteiger partial charge is 0.393 e. The molecule has 4 N–H and O–H groups in total. The predicted molar refractivity (Wildman–Crippen MR) is 121 cm³/mol. The Morgan fingerprint density at radius 2 is 2.09 bits per heavy atom. The van der Waals surface area contributed by atoms with Gasteiger partial charge in [0.1, 0.15) is 22.9 Å². The molecule has 0 saturated heterocycles. The summed E-state index contributed by atoms with van der Waals surface area (Å²) in [5.41, 5.74) is 0.285. The van der Waals surface area contributed by atoms with Crippen LogP contribution in [0.3, 0.4) is 0 Å². The third-order valence-corrected chi connectivity index (χ3v) is 6.41. The molecule has 3 aromatic rings. The smallest absolute Gasteiger partial charge is 0.274 e. The van der Waals surface area contributed by atoms with Crippen LogP contribution < -0.4 is 21.5 Å². The second-order valence-electron chi connectivity index (χ2n) is 8.88. The van der Waals surface area contributed by atoms with E-state index in [0.29, 0.717) is 25.1 Å². The second kappa shape index (κ2) is 8.35. The van der Waals surface area contributed by atoms with Crippen LogP contribution in [0.5, 0.6) is 0 Å². The first-order valence-electron chi connectivity index (χ1n) is 11.2. The van der Waals surface area contributed by atoms with Crippen molar-refractivity contribution in [3.63, 3.8) is 0 Å². The Balaban J connectivity index is 1.44. The van der Waals surface area contributed by atoms with Crippen molar-refractivity contribution in [2.24, 2.45) is 0 Å². The van der Waals surface area contributed by atoms with E-state index in [9.17, 15) is 23.5 Å². The average Bonchev–Trinajstić information content (AvgIpc) is 3.39. The molecule has 0 aliphatic heterocycles. The lowest BCUT2D eigenvalue weighted by molar-refractivity contribution is -0.104. The normalized spacial score (nSPS) is 21.9. The fourth-order valence-corrected chi connectivity index (χ4v) is 4.57. The molecule has 3 heterocycles. The molecular formula is C22H25F2N7O3. The number of pyridine rings is 1. The molecular weight excluding hydrogens is 448 g/mol. The van der Waals surface area contributed by atoms with Crippen LogP contribution >= 0.6 is 0 Å². The maximum absolute atomic E-state index is 13.3. The van der Waals surface area contributed by atoms with Crippen molar-refractivity contribution in [3.05, 3.63) is 46.5 Å². The van der Waals surface area contributed by atoms with Crippen molar-refractivity contribution in [1.82, 2.24) is 24.5 Å². The van der Waals surface area contributed by atoms with E-state index < -0.39 is 23.6 Å². The van der Waals surface area contributed by atoms with Gasteiger partial charge >= 0.3 is 0 Å². The molecule has 1 amide bonds. The van der Waals surface area contributed by atoms with Crippen LogP contribution in [0, 0.1) is 0 Å². The molecule has 5 rings (SSSR count). The van der Waals surface area contributed by atoms with Gasteiger partial charge in [0.05, 0.1) is 12.3 Å². The summed E-state index contributed by atoms with van der Waals surface area (Å²) in [4.78, 5) is 30.3. The number of rotatable bonds is 6. The maximum atomic E-state index is 13.3. The molecule has 0 bridgehead atoms. The Morgan fingerprint density at radius 3 is 2.76 bits per heavy atom. The van der Waals surface area contributed by atoms with Gasteiger partial charge in [-0.05, 0) is 31.4 Å². The van der Waals surface area contributed by atoms with E-state index >= 15 is 0 Å². The van der Waals surface area contributed by atoms with E-state index in [1.165, 1.54) is 21.5 Å². The number of amides is 1. The third kappa shape index (κ3) is 4.09. The zero-order valence-electron chi connectivity index (χ0n) is 18.5. The number of anilines is 3. The monoisotopic (exact) mass is 473 g/mol. The number of aliphatic hydroxyl groups excluding tert-OH is 1. The van der Waals surface area contributed by atoms with E-state index in [1.807, 2.05) is 0 Å². The van der Waals surface area contributed by atoms with Crippen LogP contribution in [0.2, 0.25) is 0 Å². The highest BCUT2D eigenvalue weighted by atomic mass is 19.3. The molecule has 12 heteroatoms. The van der Waals surface area contributed by atoms with Gasteiger partial charge in [0.15, 0.2) is 5.65 Å². The molecule has 34 heavy (non-hydrogen) atoms. The predicted octanol–water partition coefficient (Wildman–Crippen LogP) is 2.29. The quantitative estimate of drug-likeness (QED) is 0.433. The summed E-state index contributed by atoms with van der Waals surface area (Å²) in [6.07, 6.45) is 3.61. The Bertz CT molecular complexity index is 1300. The van der Waals surface area contributed by atoms with Crippen LogP contribution in [-0.4, -0.2) is 55.3 Å². The van der Waals surface area contributed by atoms with Crippen molar-refractivity contribution in [2.45, 2.75) is 56.2 Å². The molecule has 0 aromatic carbocycles. The zero-order valence-corrected chi connectivity index (χ0v) is 18.5. The standard InChI is InChI=1S/C22H25F2N7O3/c1-25-18-8-17(28-16-3-2-6-30(21(16)34)13-9-22(23,24)10-13)29-19-15(11-26-31(18)19)20(33)27-12-4-5-14(32)7-12/h2-3,6,8,11-14,25,32H,4-5,7,9-10H2,1H3,(H,27,33)(H,28,29)/t12?,14-/m0/s1. The minimum absolute atomic E-state index is 0.121. The topological polar surface area (TPSA) is 126 Å².